The predicted octanol–water partition coefficient (Wildman–Crippen LogP) is 16.8. The first-order chi connectivity index (χ1) is 30.5. The Bertz CT molecular complexity index is 1220. The molecule has 0 N–H and O–H groups in total. The number of esters is 3. The van der Waals surface area contributed by atoms with Crippen LogP contribution in [0.1, 0.15) is 233 Å². The summed E-state index contributed by atoms with van der Waals surface area (Å²) in [7, 11) is 0. The van der Waals surface area contributed by atoms with Crippen LogP contribution >= 0.6 is 0 Å². The molecule has 0 aliphatic rings. The highest BCUT2D eigenvalue weighted by Gasteiger charge is 2.19. The standard InChI is InChI=1S/C56H94O6/c1-4-7-10-13-16-19-22-24-26-27-28-29-31-32-34-37-40-43-46-49-55(58)61-52-53(51-60-54(57)48-45-42-39-36-21-18-15-12-9-6-3)62-56(59)50-47-44-41-38-35-33-30-25-23-20-17-14-11-8-5-2/h7,10,15-16,18-19,24,26,28-29,32,34,40,43,53H,4-6,8-9,11-14,17,20-23,25,27,30-31,33,35-39,41-42,44-52H2,1-3H3/b10-7-,18-15-,19-16-,26-24-,29-28-,34-32-,43-40-. The molecule has 0 amide bonds. The Morgan fingerprint density at radius 2 is 0.677 bits per heavy atom. The number of hydrogen-bond acceptors (Lipinski definition) is 6. The number of carbonyl (C=O) groups is 3. The van der Waals surface area contributed by atoms with Crippen LogP contribution in [-0.4, -0.2) is 37.2 Å². The number of hydrogen-bond donors (Lipinski definition) is 0. The molecule has 0 aliphatic heterocycles. The minimum atomic E-state index is -0.808. The van der Waals surface area contributed by atoms with Crippen LogP contribution in [-0.2, 0) is 28.6 Å². The minimum absolute atomic E-state index is 0.105. The Morgan fingerprint density at radius 3 is 1.13 bits per heavy atom. The zero-order valence-electron chi connectivity index (χ0n) is 40.4. The van der Waals surface area contributed by atoms with Crippen molar-refractivity contribution in [3.63, 3.8) is 0 Å². The van der Waals surface area contributed by atoms with E-state index in [4.69, 9.17) is 14.2 Å². The molecular weight excluding hydrogens is 769 g/mol. The van der Waals surface area contributed by atoms with Crippen LogP contribution in [0.4, 0.5) is 0 Å². The maximum atomic E-state index is 12.8. The van der Waals surface area contributed by atoms with E-state index in [1.807, 2.05) is 6.08 Å². The van der Waals surface area contributed by atoms with E-state index in [0.29, 0.717) is 19.3 Å². The molecule has 0 spiro atoms. The first kappa shape index (κ1) is 58.6. The molecule has 0 aromatic rings. The SMILES string of the molecule is CC/C=C\C/C=C\C/C=C\C/C=C\C/C=C\C/C=C\CCC(=O)OCC(COC(=O)CCCCCC/C=C\CCCC)OC(=O)CCCCCCCCCCCCCCCCC. The van der Waals surface area contributed by atoms with Crippen LogP contribution in [0, 0.1) is 0 Å². The van der Waals surface area contributed by atoms with Crippen LogP contribution < -0.4 is 0 Å². The van der Waals surface area contributed by atoms with Gasteiger partial charge in [0.05, 0.1) is 0 Å². The van der Waals surface area contributed by atoms with Gasteiger partial charge in [-0.1, -0.05) is 221 Å². The normalized spacial score (nSPS) is 12.8. The molecule has 1 atom stereocenters. The van der Waals surface area contributed by atoms with E-state index in [2.05, 4.69) is 99.8 Å². The summed E-state index contributed by atoms with van der Waals surface area (Å²) in [5.74, 6) is -1.00. The van der Waals surface area contributed by atoms with E-state index in [-0.39, 0.29) is 37.5 Å². The Labute approximate surface area is 382 Å². The highest BCUT2D eigenvalue weighted by atomic mass is 16.6. The number of ether oxygens (including phenoxy) is 3. The molecule has 0 saturated carbocycles. The summed E-state index contributed by atoms with van der Waals surface area (Å²) in [6.07, 6.45) is 64.4. The van der Waals surface area contributed by atoms with Crippen molar-refractivity contribution in [1.29, 1.82) is 0 Å². The Balaban J connectivity index is 4.47. The fourth-order valence-electron chi connectivity index (χ4n) is 6.80. The fourth-order valence-corrected chi connectivity index (χ4v) is 6.80. The molecule has 0 radical (unpaired) electrons. The van der Waals surface area contributed by atoms with Crippen LogP contribution in [0.25, 0.3) is 0 Å². The molecule has 0 heterocycles. The summed E-state index contributed by atoms with van der Waals surface area (Å²) in [6.45, 7) is 6.40. The molecule has 354 valence electrons. The van der Waals surface area contributed by atoms with Gasteiger partial charge in [0.2, 0.25) is 0 Å². The monoisotopic (exact) mass is 863 g/mol. The summed E-state index contributed by atoms with van der Waals surface area (Å²) in [5, 5.41) is 0. The topological polar surface area (TPSA) is 78.9 Å². The first-order valence-electron chi connectivity index (χ1n) is 25.6. The van der Waals surface area contributed by atoms with Gasteiger partial charge < -0.3 is 14.2 Å². The molecule has 0 fully saturated rings. The Morgan fingerprint density at radius 1 is 0.339 bits per heavy atom. The van der Waals surface area contributed by atoms with Crippen molar-refractivity contribution in [2.45, 2.75) is 239 Å². The third kappa shape index (κ3) is 47.6. The Hall–Kier alpha value is -3.41. The maximum Gasteiger partial charge on any atom is 0.306 e. The predicted molar refractivity (Wildman–Crippen MR) is 265 cm³/mol. The summed E-state index contributed by atoms with van der Waals surface area (Å²) in [6, 6.07) is 0. The average Bonchev–Trinajstić information content (AvgIpc) is 3.27. The van der Waals surface area contributed by atoms with Crippen molar-refractivity contribution >= 4 is 17.9 Å². The molecule has 0 bridgehead atoms. The summed E-state index contributed by atoms with van der Waals surface area (Å²) < 4.78 is 16.7. The molecular formula is C56H94O6. The van der Waals surface area contributed by atoms with Crippen molar-refractivity contribution in [3.05, 3.63) is 85.1 Å². The average molecular weight is 863 g/mol. The lowest BCUT2D eigenvalue weighted by atomic mass is 10.0. The third-order valence-electron chi connectivity index (χ3n) is 10.6. The molecule has 62 heavy (non-hydrogen) atoms. The second kappa shape index (κ2) is 50.2. The van der Waals surface area contributed by atoms with Crippen LogP contribution in [0.5, 0.6) is 0 Å². The van der Waals surface area contributed by atoms with Crippen molar-refractivity contribution < 1.29 is 28.6 Å². The smallest absolute Gasteiger partial charge is 0.306 e. The highest BCUT2D eigenvalue weighted by molar-refractivity contribution is 5.71. The largest absolute Gasteiger partial charge is 0.462 e. The van der Waals surface area contributed by atoms with Gasteiger partial charge in [0.25, 0.3) is 0 Å². The van der Waals surface area contributed by atoms with Crippen LogP contribution in [0.2, 0.25) is 0 Å². The van der Waals surface area contributed by atoms with E-state index in [1.165, 1.54) is 89.9 Å². The van der Waals surface area contributed by atoms with Gasteiger partial charge in [0, 0.05) is 19.3 Å². The molecule has 0 aliphatic carbocycles. The van der Waals surface area contributed by atoms with Gasteiger partial charge in [0.15, 0.2) is 6.10 Å². The van der Waals surface area contributed by atoms with E-state index < -0.39 is 6.10 Å². The van der Waals surface area contributed by atoms with Gasteiger partial charge in [0.1, 0.15) is 13.2 Å². The third-order valence-corrected chi connectivity index (χ3v) is 10.6. The lowest BCUT2D eigenvalue weighted by Crippen LogP contribution is -2.30. The summed E-state index contributed by atoms with van der Waals surface area (Å²) in [4.78, 5) is 37.9. The molecule has 0 aromatic heterocycles. The molecule has 0 aromatic carbocycles. The molecule has 0 saturated heterocycles. The van der Waals surface area contributed by atoms with E-state index >= 15 is 0 Å². The van der Waals surface area contributed by atoms with E-state index in [1.54, 1.807) is 0 Å². The zero-order valence-corrected chi connectivity index (χ0v) is 40.4. The van der Waals surface area contributed by atoms with Gasteiger partial charge in [-0.25, -0.2) is 0 Å². The van der Waals surface area contributed by atoms with Crippen molar-refractivity contribution in [2.24, 2.45) is 0 Å². The van der Waals surface area contributed by atoms with Gasteiger partial charge in [-0.05, 0) is 77.0 Å². The summed E-state index contributed by atoms with van der Waals surface area (Å²) in [5.41, 5.74) is 0. The number of allylic oxidation sites excluding steroid dienone is 14. The van der Waals surface area contributed by atoms with Crippen molar-refractivity contribution in [3.8, 4) is 0 Å². The molecule has 0 rings (SSSR count). The van der Waals surface area contributed by atoms with Gasteiger partial charge >= 0.3 is 17.9 Å². The van der Waals surface area contributed by atoms with Gasteiger partial charge in [-0.3, -0.25) is 14.4 Å². The molecule has 6 heteroatoms. The van der Waals surface area contributed by atoms with Crippen molar-refractivity contribution in [1.82, 2.24) is 0 Å². The zero-order chi connectivity index (χ0) is 45.1. The number of carbonyl (C=O) groups excluding carboxylic acids is 3. The fraction of sp³-hybridized carbons (Fsp3) is 0.696. The quantitative estimate of drug-likeness (QED) is 0.0263. The maximum absolute atomic E-state index is 12.8. The van der Waals surface area contributed by atoms with Crippen molar-refractivity contribution in [2.75, 3.05) is 13.2 Å². The van der Waals surface area contributed by atoms with Crippen LogP contribution in [0.15, 0.2) is 85.1 Å². The minimum Gasteiger partial charge on any atom is -0.462 e. The van der Waals surface area contributed by atoms with Crippen LogP contribution in [0.3, 0.4) is 0 Å². The number of rotatable bonds is 45. The highest BCUT2D eigenvalue weighted by Crippen LogP contribution is 2.15. The second-order valence-electron chi connectivity index (χ2n) is 16.7. The number of unbranched alkanes of at least 4 members (excludes halogenated alkanes) is 20. The van der Waals surface area contributed by atoms with E-state index in [9.17, 15) is 14.4 Å². The van der Waals surface area contributed by atoms with E-state index in [0.717, 1.165) is 96.3 Å². The first-order valence-corrected chi connectivity index (χ1v) is 25.6. The Kier molecular flexibility index (Phi) is 47.5. The van der Waals surface area contributed by atoms with Gasteiger partial charge in [-0.15, -0.1) is 0 Å². The molecule has 1 unspecified atom stereocenters. The molecule has 6 nitrogen and oxygen atoms in total. The lowest BCUT2D eigenvalue weighted by molar-refractivity contribution is -0.166. The van der Waals surface area contributed by atoms with Gasteiger partial charge in [-0.2, -0.15) is 0 Å². The lowest BCUT2D eigenvalue weighted by Gasteiger charge is -2.18. The summed E-state index contributed by atoms with van der Waals surface area (Å²) >= 11 is 0. The second-order valence-corrected chi connectivity index (χ2v) is 16.7.